The minimum atomic E-state index is -0.629. The molecule has 0 fully saturated rings. The van der Waals surface area contributed by atoms with Gasteiger partial charge in [0, 0.05) is 10.7 Å². The Kier molecular flexibility index (Phi) is 4.62. The molecule has 0 aliphatic carbocycles. The Balaban J connectivity index is 1.76. The van der Waals surface area contributed by atoms with Crippen LogP contribution >= 0.6 is 11.6 Å². The third-order valence-electron chi connectivity index (χ3n) is 3.20. The Bertz CT molecular complexity index is 901. The first-order valence-corrected chi connectivity index (χ1v) is 7.46. The highest BCUT2D eigenvalue weighted by Gasteiger charge is 2.20. The zero-order chi connectivity index (χ0) is 17.8. The van der Waals surface area contributed by atoms with Crippen LogP contribution in [0.3, 0.4) is 0 Å². The number of ether oxygens (including phenoxy) is 1. The molecule has 0 amide bonds. The molecule has 0 spiro atoms. The molecule has 3 N–H and O–H groups in total. The molecule has 2 aromatic carbocycles. The second kappa shape index (κ2) is 7.02. The van der Waals surface area contributed by atoms with E-state index in [1.807, 2.05) is 0 Å². The zero-order valence-electron chi connectivity index (χ0n) is 12.7. The molecule has 0 saturated heterocycles. The molecule has 0 bridgehead atoms. The molecule has 0 unspecified atom stereocenters. The Morgan fingerprint density at radius 3 is 2.24 bits per heavy atom. The summed E-state index contributed by atoms with van der Waals surface area (Å²) in [7, 11) is 0. The van der Waals surface area contributed by atoms with Gasteiger partial charge in [0.25, 0.3) is 0 Å². The van der Waals surface area contributed by atoms with Crippen molar-refractivity contribution in [3.8, 4) is 11.5 Å². The average Bonchev–Trinajstić information content (AvgIpc) is 2.58. The van der Waals surface area contributed by atoms with E-state index < -0.39 is 4.92 Å². The number of benzene rings is 2. The first-order valence-electron chi connectivity index (χ1n) is 7.08. The second-order valence-corrected chi connectivity index (χ2v) is 5.36. The van der Waals surface area contributed by atoms with Crippen LogP contribution in [0.5, 0.6) is 11.5 Å². The van der Waals surface area contributed by atoms with Crippen molar-refractivity contribution < 1.29 is 9.66 Å². The molecule has 1 aromatic heterocycles. The summed E-state index contributed by atoms with van der Waals surface area (Å²) in [4.78, 5) is 18.0. The fourth-order valence-corrected chi connectivity index (χ4v) is 2.17. The van der Waals surface area contributed by atoms with Crippen molar-refractivity contribution >= 4 is 34.6 Å². The Morgan fingerprint density at radius 2 is 1.64 bits per heavy atom. The maximum atomic E-state index is 11.1. The van der Waals surface area contributed by atoms with Gasteiger partial charge in [0.15, 0.2) is 0 Å². The van der Waals surface area contributed by atoms with Gasteiger partial charge in [-0.25, -0.2) is 9.97 Å². The lowest BCUT2D eigenvalue weighted by molar-refractivity contribution is -0.383. The standard InChI is InChI=1S/C16H12ClN5O3/c17-10-1-5-12(6-2-10)25-13-7-3-11(4-8-13)21-16-14(22(23)24)15(18)19-9-20-16/h1-9H,(H3,18,19,20,21). The van der Waals surface area contributed by atoms with E-state index in [1.165, 1.54) is 0 Å². The van der Waals surface area contributed by atoms with Gasteiger partial charge in [-0.15, -0.1) is 0 Å². The number of hydrogen-bond acceptors (Lipinski definition) is 7. The lowest BCUT2D eigenvalue weighted by Crippen LogP contribution is -2.04. The van der Waals surface area contributed by atoms with Crippen LogP contribution in [-0.4, -0.2) is 14.9 Å². The molecular formula is C16H12ClN5O3. The molecule has 25 heavy (non-hydrogen) atoms. The van der Waals surface area contributed by atoms with Gasteiger partial charge < -0.3 is 15.8 Å². The van der Waals surface area contributed by atoms with E-state index in [2.05, 4.69) is 15.3 Å². The number of nitrogens with two attached hydrogens (primary N) is 1. The first-order chi connectivity index (χ1) is 12.0. The molecule has 3 rings (SSSR count). The van der Waals surface area contributed by atoms with Crippen LogP contribution in [0.2, 0.25) is 5.02 Å². The first kappa shape index (κ1) is 16.5. The summed E-state index contributed by atoms with van der Waals surface area (Å²) < 4.78 is 5.68. The van der Waals surface area contributed by atoms with E-state index in [4.69, 9.17) is 22.1 Å². The molecule has 3 aromatic rings. The van der Waals surface area contributed by atoms with Crippen LogP contribution in [0.1, 0.15) is 0 Å². The van der Waals surface area contributed by atoms with Crippen molar-refractivity contribution in [3.63, 3.8) is 0 Å². The molecule has 0 atom stereocenters. The third-order valence-corrected chi connectivity index (χ3v) is 3.45. The summed E-state index contributed by atoms with van der Waals surface area (Å²) in [6.45, 7) is 0. The van der Waals surface area contributed by atoms with Gasteiger partial charge in [0.05, 0.1) is 4.92 Å². The topological polar surface area (TPSA) is 116 Å². The van der Waals surface area contributed by atoms with Gasteiger partial charge in [0.1, 0.15) is 17.8 Å². The number of aromatic nitrogens is 2. The molecular weight excluding hydrogens is 346 g/mol. The van der Waals surface area contributed by atoms with Gasteiger partial charge in [0.2, 0.25) is 11.6 Å². The van der Waals surface area contributed by atoms with E-state index in [0.717, 1.165) is 6.33 Å². The van der Waals surface area contributed by atoms with E-state index in [1.54, 1.807) is 48.5 Å². The number of nitrogens with one attached hydrogen (secondary N) is 1. The van der Waals surface area contributed by atoms with E-state index in [9.17, 15) is 10.1 Å². The molecule has 0 aliphatic heterocycles. The molecule has 0 aliphatic rings. The maximum absolute atomic E-state index is 11.1. The zero-order valence-corrected chi connectivity index (χ0v) is 13.5. The highest BCUT2D eigenvalue weighted by atomic mass is 35.5. The number of nitro groups is 1. The molecule has 0 radical (unpaired) electrons. The second-order valence-electron chi connectivity index (χ2n) is 4.92. The highest BCUT2D eigenvalue weighted by molar-refractivity contribution is 6.30. The average molecular weight is 358 g/mol. The molecule has 1 heterocycles. The van der Waals surface area contributed by atoms with Crippen LogP contribution in [0, 0.1) is 10.1 Å². The number of nitrogens with zero attached hydrogens (tertiary/aromatic N) is 3. The maximum Gasteiger partial charge on any atom is 0.353 e. The number of anilines is 3. The van der Waals surface area contributed by atoms with E-state index >= 15 is 0 Å². The van der Waals surface area contributed by atoms with E-state index in [0.29, 0.717) is 22.2 Å². The van der Waals surface area contributed by atoms with Gasteiger partial charge in [-0.05, 0) is 48.5 Å². The monoisotopic (exact) mass is 357 g/mol. The Labute approximate surface area is 147 Å². The van der Waals surface area contributed by atoms with Crippen LogP contribution in [-0.2, 0) is 0 Å². The highest BCUT2D eigenvalue weighted by Crippen LogP contribution is 2.30. The summed E-state index contributed by atoms with van der Waals surface area (Å²) in [6, 6.07) is 13.8. The Hall–Kier alpha value is -3.39. The normalized spacial score (nSPS) is 10.3. The largest absolute Gasteiger partial charge is 0.457 e. The fourth-order valence-electron chi connectivity index (χ4n) is 2.05. The summed E-state index contributed by atoms with van der Waals surface area (Å²) in [5, 5.41) is 14.6. The molecule has 126 valence electrons. The lowest BCUT2D eigenvalue weighted by Gasteiger charge is -2.09. The predicted molar refractivity (Wildman–Crippen MR) is 94.3 cm³/mol. The van der Waals surface area contributed by atoms with Crippen molar-refractivity contribution in [2.75, 3.05) is 11.1 Å². The quantitative estimate of drug-likeness (QED) is 0.520. The van der Waals surface area contributed by atoms with Crippen molar-refractivity contribution in [1.82, 2.24) is 9.97 Å². The number of hydrogen-bond donors (Lipinski definition) is 2. The summed E-state index contributed by atoms with van der Waals surface area (Å²) in [5.74, 6) is 1.06. The van der Waals surface area contributed by atoms with Crippen LogP contribution in [0.25, 0.3) is 0 Å². The number of rotatable bonds is 5. The van der Waals surface area contributed by atoms with E-state index in [-0.39, 0.29) is 17.3 Å². The van der Waals surface area contributed by atoms with Gasteiger partial charge in [-0.1, -0.05) is 11.6 Å². The van der Waals surface area contributed by atoms with Crippen molar-refractivity contribution in [2.24, 2.45) is 0 Å². The summed E-state index contributed by atoms with van der Waals surface area (Å²) in [6.07, 6.45) is 1.16. The van der Waals surface area contributed by atoms with Gasteiger partial charge >= 0.3 is 5.69 Å². The molecule has 9 heteroatoms. The van der Waals surface area contributed by atoms with Crippen LogP contribution in [0.4, 0.5) is 23.0 Å². The van der Waals surface area contributed by atoms with Crippen molar-refractivity contribution in [1.29, 1.82) is 0 Å². The smallest absolute Gasteiger partial charge is 0.353 e. The number of nitrogen functional groups attached to an aromatic ring is 1. The van der Waals surface area contributed by atoms with Crippen LogP contribution < -0.4 is 15.8 Å². The predicted octanol–water partition coefficient (Wildman–Crippen LogP) is 4.16. The van der Waals surface area contributed by atoms with Crippen LogP contribution in [0.15, 0.2) is 54.9 Å². The summed E-state index contributed by atoms with van der Waals surface area (Å²) >= 11 is 5.83. The molecule has 8 nitrogen and oxygen atoms in total. The minimum absolute atomic E-state index is 0.0175. The third kappa shape index (κ3) is 3.93. The fraction of sp³-hybridized carbons (Fsp3) is 0. The number of halogens is 1. The SMILES string of the molecule is Nc1ncnc(Nc2ccc(Oc3ccc(Cl)cc3)cc2)c1[N+](=O)[O-]. The van der Waals surface area contributed by atoms with Crippen molar-refractivity contribution in [3.05, 3.63) is 70.0 Å². The minimum Gasteiger partial charge on any atom is -0.457 e. The summed E-state index contributed by atoms with van der Waals surface area (Å²) in [5.41, 5.74) is 5.75. The van der Waals surface area contributed by atoms with Gasteiger partial charge in [-0.3, -0.25) is 10.1 Å². The van der Waals surface area contributed by atoms with Crippen molar-refractivity contribution in [2.45, 2.75) is 0 Å². The lowest BCUT2D eigenvalue weighted by atomic mass is 10.3. The Morgan fingerprint density at radius 1 is 1.04 bits per heavy atom. The molecule has 0 saturated carbocycles. The van der Waals surface area contributed by atoms with Gasteiger partial charge in [-0.2, -0.15) is 0 Å².